The fourth-order valence-corrected chi connectivity index (χ4v) is 1.21. The molecular formula is C9H10BrFO. The van der Waals surface area contributed by atoms with Crippen LogP contribution in [-0.4, -0.2) is 6.61 Å². The summed E-state index contributed by atoms with van der Waals surface area (Å²) in [5.74, 6) is -0.00692. The minimum Gasteiger partial charge on any atom is -0.491 e. The molecule has 0 unspecified atom stereocenters. The first-order valence-corrected chi connectivity index (χ1v) is 4.53. The highest BCUT2D eigenvalue weighted by Gasteiger charge is 2.05. The van der Waals surface area contributed by atoms with E-state index >= 15 is 0 Å². The maximum atomic E-state index is 13.1. The van der Waals surface area contributed by atoms with Crippen molar-refractivity contribution in [2.45, 2.75) is 13.8 Å². The van der Waals surface area contributed by atoms with E-state index in [0.29, 0.717) is 12.4 Å². The lowest BCUT2D eigenvalue weighted by atomic mass is 10.2. The Balaban J connectivity index is 3.05. The van der Waals surface area contributed by atoms with Crippen molar-refractivity contribution in [1.29, 1.82) is 0 Å². The van der Waals surface area contributed by atoms with Crippen molar-refractivity contribution in [3.05, 3.63) is 28.0 Å². The molecule has 66 valence electrons. The highest BCUT2D eigenvalue weighted by atomic mass is 79.9. The third-order valence-electron chi connectivity index (χ3n) is 1.51. The first kappa shape index (κ1) is 9.52. The Morgan fingerprint density at radius 2 is 2.17 bits per heavy atom. The number of halogens is 2. The van der Waals surface area contributed by atoms with E-state index in [4.69, 9.17) is 4.74 Å². The number of hydrogen-bond donors (Lipinski definition) is 0. The predicted octanol–water partition coefficient (Wildman–Crippen LogP) is 3.30. The van der Waals surface area contributed by atoms with Gasteiger partial charge in [0, 0.05) is 4.47 Å². The zero-order valence-electron chi connectivity index (χ0n) is 7.03. The smallest absolute Gasteiger partial charge is 0.166 e. The van der Waals surface area contributed by atoms with E-state index in [1.54, 1.807) is 6.07 Å². The molecule has 0 bridgehead atoms. The van der Waals surface area contributed by atoms with Crippen molar-refractivity contribution in [3.8, 4) is 5.75 Å². The third kappa shape index (κ3) is 1.97. The Kier molecular flexibility index (Phi) is 3.09. The highest BCUT2D eigenvalue weighted by molar-refractivity contribution is 9.10. The second-order valence-corrected chi connectivity index (χ2v) is 3.32. The second kappa shape index (κ2) is 3.90. The number of rotatable bonds is 2. The SMILES string of the molecule is CCOc1cc(C)c(Br)cc1F. The molecule has 0 N–H and O–H groups in total. The van der Waals surface area contributed by atoms with E-state index in [0.717, 1.165) is 10.0 Å². The fourth-order valence-electron chi connectivity index (χ4n) is 0.897. The summed E-state index contributed by atoms with van der Waals surface area (Å²) in [4.78, 5) is 0. The molecule has 0 radical (unpaired) electrons. The molecule has 1 nitrogen and oxygen atoms in total. The molecule has 1 aromatic carbocycles. The summed E-state index contributed by atoms with van der Waals surface area (Å²) < 4.78 is 18.9. The molecule has 0 amide bonds. The van der Waals surface area contributed by atoms with Crippen molar-refractivity contribution < 1.29 is 9.13 Å². The molecule has 0 aliphatic carbocycles. The van der Waals surface area contributed by atoms with E-state index in [-0.39, 0.29) is 5.82 Å². The molecule has 0 aliphatic heterocycles. The summed E-state index contributed by atoms with van der Waals surface area (Å²) in [5.41, 5.74) is 0.972. The average Bonchev–Trinajstić information content (AvgIpc) is 2.01. The molecule has 12 heavy (non-hydrogen) atoms. The first-order chi connectivity index (χ1) is 5.65. The summed E-state index contributed by atoms with van der Waals surface area (Å²) in [6.07, 6.45) is 0. The van der Waals surface area contributed by atoms with E-state index in [1.807, 2.05) is 13.8 Å². The van der Waals surface area contributed by atoms with Crippen molar-refractivity contribution in [2.24, 2.45) is 0 Å². The van der Waals surface area contributed by atoms with Crippen LogP contribution in [0.15, 0.2) is 16.6 Å². The molecule has 0 saturated carbocycles. The Labute approximate surface area is 79.7 Å². The summed E-state index contributed by atoms with van der Waals surface area (Å²) >= 11 is 3.24. The van der Waals surface area contributed by atoms with Gasteiger partial charge in [0.05, 0.1) is 6.61 Å². The highest BCUT2D eigenvalue weighted by Crippen LogP contribution is 2.25. The van der Waals surface area contributed by atoms with Gasteiger partial charge in [-0.25, -0.2) is 4.39 Å². The van der Waals surface area contributed by atoms with Gasteiger partial charge in [0.25, 0.3) is 0 Å². The van der Waals surface area contributed by atoms with Crippen molar-refractivity contribution in [1.82, 2.24) is 0 Å². The van der Waals surface area contributed by atoms with E-state index in [2.05, 4.69) is 15.9 Å². The van der Waals surface area contributed by atoms with Gasteiger partial charge < -0.3 is 4.74 Å². The molecule has 0 spiro atoms. The summed E-state index contributed by atoms with van der Waals surface area (Å²) in [7, 11) is 0. The van der Waals surface area contributed by atoms with Crippen LogP contribution in [0.5, 0.6) is 5.75 Å². The van der Waals surface area contributed by atoms with Crippen LogP contribution in [0, 0.1) is 12.7 Å². The van der Waals surface area contributed by atoms with Crippen LogP contribution in [0.4, 0.5) is 4.39 Å². The number of hydrogen-bond acceptors (Lipinski definition) is 1. The second-order valence-electron chi connectivity index (χ2n) is 2.46. The van der Waals surface area contributed by atoms with Crippen LogP contribution in [0.3, 0.4) is 0 Å². The molecule has 0 aromatic heterocycles. The van der Waals surface area contributed by atoms with E-state index in [9.17, 15) is 4.39 Å². The zero-order valence-corrected chi connectivity index (χ0v) is 8.61. The number of aryl methyl sites for hydroxylation is 1. The minimum absolute atomic E-state index is 0.318. The third-order valence-corrected chi connectivity index (χ3v) is 2.37. The molecule has 1 aromatic rings. The van der Waals surface area contributed by atoms with E-state index < -0.39 is 0 Å². The van der Waals surface area contributed by atoms with Crippen LogP contribution in [0.1, 0.15) is 12.5 Å². The first-order valence-electron chi connectivity index (χ1n) is 3.73. The molecule has 1 rings (SSSR count). The molecule has 0 saturated heterocycles. The van der Waals surface area contributed by atoms with Gasteiger partial charge in [-0.15, -0.1) is 0 Å². The molecule has 0 aliphatic rings. The molecule has 0 heterocycles. The quantitative estimate of drug-likeness (QED) is 0.761. The topological polar surface area (TPSA) is 9.23 Å². The summed E-state index contributed by atoms with van der Waals surface area (Å²) in [5, 5.41) is 0. The van der Waals surface area contributed by atoms with Gasteiger partial charge in [0.1, 0.15) is 0 Å². The summed E-state index contributed by atoms with van der Waals surface area (Å²) in [6.45, 7) is 4.21. The number of ether oxygens (including phenoxy) is 1. The molecule has 0 atom stereocenters. The van der Waals surface area contributed by atoms with Crippen molar-refractivity contribution >= 4 is 15.9 Å². The predicted molar refractivity (Wildman–Crippen MR) is 50.0 cm³/mol. The van der Waals surface area contributed by atoms with Crippen molar-refractivity contribution in [2.75, 3.05) is 6.61 Å². The maximum absolute atomic E-state index is 13.1. The van der Waals surface area contributed by atoms with Gasteiger partial charge in [0.2, 0.25) is 0 Å². The fraction of sp³-hybridized carbons (Fsp3) is 0.333. The number of benzene rings is 1. The minimum atomic E-state index is -0.325. The molecule has 0 fully saturated rings. The largest absolute Gasteiger partial charge is 0.491 e. The lowest BCUT2D eigenvalue weighted by Crippen LogP contribution is -1.95. The Hall–Kier alpha value is -0.570. The zero-order chi connectivity index (χ0) is 9.14. The van der Waals surface area contributed by atoms with Crippen LogP contribution in [0.2, 0.25) is 0 Å². The van der Waals surface area contributed by atoms with Crippen LogP contribution < -0.4 is 4.74 Å². The van der Waals surface area contributed by atoms with E-state index in [1.165, 1.54) is 6.07 Å². The normalized spacial score (nSPS) is 10.0. The Morgan fingerprint density at radius 3 is 2.75 bits per heavy atom. The lowest BCUT2D eigenvalue weighted by molar-refractivity contribution is 0.321. The van der Waals surface area contributed by atoms with Crippen molar-refractivity contribution in [3.63, 3.8) is 0 Å². The lowest BCUT2D eigenvalue weighted by Gasteiger charge is -2.06. The van der Waals surface area contributed by atoms with Crippen LogP contribution in [-0.2, 0) is 0 Å². The average molecular weight is 233 g/mol. The Morgan fingerprint density at radius 1 is 1.50 bits per heavy atom. The molecule has 3 heteroatoms. The van der Waals surface area contributed by atoms with Gasteiger partial charge in [-0.1, -0.05) is 15.9 Å². The standard InChI is InChI=1S/C9H10BrFO/c1-3-12-9-4-6(2)7(10)5-8(9)11/h4-5H,3H2,1-2H3. The van der Waals surface area contributed by atoms with Crippen LogP contribution >= 0.6 is 15.9 Å². The van der Waals surface area contributed by atoms with Gasteiger partial charge in [0.15, 0.2) is 11.6 Å². The van der Waals surface area contributed by atoms with Gasteiger partial charge >= 0.3 is 0 Å². The van der Waals surface area contributed by atoms with Gasteiger partial charge in [-0.2, -0.15) is 0 Å². The van der Waals surface area contributed by atoms with Crippen LogP contribution in [0.25, 0.3) is 0 Å². The summed E-state index contributed by atoms with van der Waals surface area (Å²) in [6, 6.07) is 3.10. The molecular weight excluding hydrogens is 223 g/mol. The maximum Gasteiger partial charge on any atom is 0.166 e. The van der Waals surface area contributed by atoms with Gasteiger partial charge in [-0.3, -0.25) is 0 Å². The van der Waals surface area contributed by atoms with Gasteiger partial charge in [-0.05, 0) is 31.5 Å². The Bertz CT molecular complexity index is 286. The monoisotopic (exact) mass is 232 g/mol.